The topological polar surface area (TPSA) is 61.8 Å². The minimum atomic E-state index is -0.296. The van der Waals surface area contributed by atoms with Crippen molar-refractivity contribution in [2.24, 2.45) is 5.41 Å². The third-order valence-corrected chi connectivity index (χ3v) is 5.43. The van der Waals surface area contributed by atoms with E-state index in [4.69, 9.17) is 4.74 Å². The summed E-state index contributed by atoms with van der Waals surface area (Å²) in [4.78, 5) is 14.6. The van der Waals surface area contributed by atoms with Crippen LogP contribution in [0.15, 0.2) is 48.5 Å². The Balaban J connectivity index is 1.71. The highest BCUT2D eigenvalue weighted by Gasteiger charge is 2.37. The van der Waals surface area contributed by atoms with Crippen LogP contribution in [0.4, 0.5) is 10.5 Å². The van der Waals surface area contributed by atoms with E-state index in [1.165, 1.54) is 11.1 Å². The number of piperidine rings is 1. The first kappa shape index (κ1) is 19.2. The zero-order chi connectivity index (χ0) is 19.3. The average Bonchev–Trinajstić information content (AvgIpc) is 2.70. The molecule has 3 rings (SSSR count). The first-order valence-electron chi connectivity index (χ1n) is 9.41. The minimum absolute atomic E-state index is 0.0737. The molecule has 5 nitrogen and oxygen atoms in total. The fourth-order valence-electron chi connectivity index (χ4n) is 3.83. The highest BCUT2D eigenvalue weighted by Crippen LogP contribution is 2.34. The van der Waals surface area contributed by atoms with Gasteiger partial charge in [-0.1, -0.05) is 30.3 Å². The van der Waals surface area contributed by atoms with Gasteiger partial charge in [0.2, 0.25) is 0 Å². The molecule has 1 atom stereocenters. The lowest BCUT2D eigenvalue weighted by Gasteiger charge is -2.42. The first-order chi connectivity index (χ1) is 13.0. The number of aryl methyl sites for hydroxylation is 1. The Morgan fingerprint density at radius 3 is 2.81 bits per heavy atom. The molecule has 0 aromatic heterocycles. The van der Waals surface area contributed by atoms with Crippen LogP contribution in [0.3, 0.4) is 0 Å². The zero-order valence-electron chi connectivity index (χ0n) is 16.1. The van der Waals surface area contributed by atoms with Gasteiger partial charge in [-0.3, -0.25) is 0 Å². The number of benzene rings is 2. The number of carbonyl (C=O) groups excluding carboxylic acids is 1. The van der Waals surface area contributed by atoms with Crippen LogP contribution in [0.1, 0.15) is 24.0 Å². The Morgan fingerprint density at radius 2 is 2.07 bits per heavy atom. The van der Waals surface area contributed by atoms with Crippen LogP contribution >= 0.6 is 0 Å². The molecule has 1 saturated heterocycles. The number of rotatable bonds is 5. The third kappa shape index (κ3) is 4.61. The van der Waals surface area contributed by atoms with Crippen LogP contribution in [-0.4, -0.2) is 42.8 Å². The van der Waals surface area contributed by atoms with Gasteiger partial charge in [-0.25, -0.2) is 4.79 Å². The lowest BCUT2D eigenvalue weighted by Crippen LogP contribution is -2.50. The van der Waals surface area contributed by atoms with Crippen molar-refractivity contribution in [1.82, 2.24) is 4.90 Å². The number of anilines is 1. The maximum absolute atomic E-state index is 12.8. The Hall–Kier alpha value is -2.53. The number of aliphatic hydroxyl groups is 1. The number of likely N-dealkylation sites (tertiary alicyclic amines) is 1. The summed E-state index contributed by atoms with van der Waals surface area (Å²) in [6.45, 7) is 3.42. The summed E-state index contributed by atoms with van der Waals surface area (Å²) in [5.41, 5.74) is 2.87. The van der Waals surface area contributed by atoms with E-state index in [0.29, 0.717) is 24.5 Å². The van der Waals surface area contributed by atoms with Gasteiger partial charge in [0, 0.05) is 30.3 Å². The summed E-state index contributed by atoms with van der Waals surface area (Å²) < 4.78 is 5.21. The minimum Gasteiger partial charge on any atom is -0.497 e. The Labute approximate surface area is 161 Å². The van der Waals surface area contributed by atoms with E-state index >= 15 is 0 Å². The monoisotopic (exact) mass is 368 g/mol. The highest BCUT2D eigenvalue weighted by molar-refractivity contribution is 5.89. The smallest absolute Gasteiger partial charge is 0.321 e. The maximum Gasteiger partial charge on any atom is 0.321 e. The summed E-state index contributed by atoms with van der Waals surface area (Å²) in [5.74, 6) is 0.704. The van der Waals surface area contributed by atoms with E-state index in [1.807, 2.05) is 35.2 Å². The maximum atomic E-state index is 12.8. The van der Waals surface area contributed by atoms with Crippen molar-refractivity contribution in [2.75, 3.05) is 32.1 Å². The zero-order valence-corrected chi connectivity index (χ0v) is 16.1. The van der Waals surface area contributed by atoms with Crippen molar-refractivity contribution in [3.8, 4) is 5.75 Å². The molecule has 2 amide bonds. The molecule has 1 heterocycles. The van der Waals surface area contributed by atoms with Crippen LogP contribution in [0, 0.1) is 12.3 Å². The number of urea groups is 1. The molecule has 0 bridgehead atoms. The molecule has 5 heteroatoms. The summed E-state index contributed by atoms with van der Waals surface area (Å²) >= 11 is 0. The van der Waals surface area contributed by atoms with E-state index in [0.717, 1.165) is 19.3 Å². The second-order valence-electron chi connectivity index (χ2n) is 7.45. The predicted octanol–water partition coefficient (Wildman–Crippen LogP) is 3.85. The fourth-order valence-corrected chi connectivity index (χ4v) is 3.83. The lowest BCUT2D eigenvalue weighted by atomic mass is 9.75. The molecule has 1 fully saturated rings. The molecular weight excluding hydrogens is 340 g/mol. The standard InChI is InChI=1S/C22H28N2O3/c1-17-7-3-4-8-18(17)14-22(16-25)11-6-12-24(15-22)21(26)23-19-9-5-10-20(13-19)27-2/h3-5,7-10,13,25H,6,11-12,14-16H2,1-2H3,(H,23,26). The lowest BCUT2D eigenvalue weighted by molar-refractivity contribution is 0.0499. The second-order valence-corrected chi connectivity index (χ2v) is 7.45. The van der Waals surface area contributed by atoms with Crippen LogP contribution < -0.4 is 10.1 Å². The van der Waals surface area contributed by atoms with Gasteiger partial charge in [0.05, 0.1) is 13.7 Å². The molecule has 1 unspecified atom stereocenters. The molecule has 144 valence electrons. The molecular formula is C22H28N2O3. The van der Waals surface area contributed by atoms with Gasteiger partial charge in [-0.2, -0.15) is 0 Å². The highest BCUT2D eigenvalue weighted by atomic mass is 16.5. The number of methoxy groups -OCH3 is 1. The first-order valence-corrected chi connectivity index (χ1v) is 9.41. The number of carbonyl (C=O) groups is 1. The van der Waals surface area contributed by atoms with Crippen molar-refractivity contribution in [3.63, 3.8) is 0 Å². The molecule has 0 saturated carbocycles. The van der Waals surface area contributed by atoms with Crippen molar-refractivity contribution in [1.29, 1.82) is 0 Å². The van der Waals surface area contributed by atoms with E-state index in [1.54, 1.807) is 13.2 Å². The van der Waals surface area contributed by atoms with E-state index in [2.05, 4.69) is 24.4 Å². The van der Waals surface area contributed by atoms with Crippen molar-refractivity contribution in [3.05, 3.63) is 59.7 Å². The number of aliphatic hydroxyl groups excluding tert-OH is 1. The number of nitrogens with one attached hydrogen (secondary N) is 1. The summed E-state index contributed by atoms with van der Waals surface area (Å²) in [6, 6.07) is 15.5. The molecule has 1 aliphatic rings. The number of amides is 2. The average molecular weight is 368 g/mol. The Morgan fingerprint density at radius 1 is 1.26 bits per heavy atom. The molecule has 0 spiro atoms. The van der Waals surface area contributed by atoms with Gasteiger partial charge in [0.1, 0.15) is 5.75 Å². The van der Waals surface area contributed by atoms with Gasteiger partial charge in [0.15, 0.2) is 0 Å². The normalized spacial score (nSPS) is 19.6. The molecule has 2 N–H and O–H groups in total. The van der Waals surface area contributed by atoms with E-state index in [-0.39, 0.29) is 18.1 Å². The molecule has 1 aliphatic heterocycles. The van der Waals surface area contributed by atoms with Crippen LogP contribution in [0.25, 0.3) is 0 Å². The quantitative estimate of drug-likeness (QED) is 0.843. The Kier molecular flexibility index (Phi) is 6.01. The molecule has 27 heavy (non-hydrogen) atoms. The molecule has 0 aliphatic carbocycles. The molecule has 0 radical (unpaired) electrons. The Bertz CT molecular complexity index is 793. The van der Waals surface area contributed by atoms with Gasteiger partial charge in [-0.15, -0.1) is 0 Å². The fraction of sp³-hybridized carbons (Fsp3) is 0.409. The number of ether oxygens (including phenoxy) is 1. The summed E-state index contributed by atoms with van der Waals surface area (Å²) in [5, 5.41) is 13.1. The predicted molar refractivity (Wildman–Crippen MR) is 107 cm³/mol. The van der Waals surface area contributed by atoms with E-state index in [9.17, 15) is 9.90 Å². The van der Waals surface area contributed by atoms with E-state index < -0.39 is 0 Å². The number of hydrogen-bond donors (Lipinski definition) is 2. The molecule has 2 aromatic carbocycles. The van der Waals surface area contributed by atoms with Crippen LogP contribution in [0.2, 0.25) is 0 Å². The number of hydrogen-bond acceptors (Lipinski definition) is 3. The van der Waals surface area contributed by atoms with Gasteiger partial charge in [-0.05, 0) is 49.4 Å². The van der Waals surface area contributed by atoms with Crippen LogP contribution in [-0.2, 0) is 6.42 Å². The van der Waals surface area contributed by atoms with Crippen molar-refractivity contribution in [2.45, 2.75) is 26.2 Å². The van der Waals surface area contributed by atoms with Gasteiger partial charge >= 0.3 is 6.03 Å². The van der Waals surface area contributed by atoms with Crippen LogP contribution in [0.5, 0.6) is 5.75 Å². The molecule has 2 aromatic rings. The van der Waals surface area contributed by atoms with Gasteiger partial charge in [0.25, 0.3) is 0 Å². The largest absolute Gasteiger partial charge is 0.497 e. The van der Waals surface area contributed by atoms with Gasteiger partial charge < -0.3 is 20.1 Å². The summed E-state index contributed by atoms with van der Waals surface area (Å²) in [7, 11) is 1.60. The number of nitrogens with zero attached hydrogens (tertiary/aromatic N) is 1. The van der Waals surface area contributed by atoms with Crippen molar-refractivity contribution >= 4 is 11.7 Å². The summed E-state index contributed by atoms with van der Waals surface area (Å²) in [6.07, 6.45) is 2.58. The van der Waals surface area contributed by atoms with Crippen molar-refractivity contribution < 1.29 is 14.6 Å². The second kappa shape index (κ2) is 8.44. The third-order valence-electron chi connectivity index (χ3n) is 5.43. The SMILES string of the molecule is COc1cccc(NC(=O)N2CCCC(CO)(Cc3ccccc3C)C2)c1.